The zero-order chi connectivity index (χ0) is 25.2. The Bertz CT molecular complexity index is 1190. The van der Waals surface area contributed by atoms with Crippen LogP contribution in [0.4, 0.5) is 11.4 Å². The summed E-state index contributed by atoms with van der Waals surface area (Å²) in [6, 6.07) is 8.46. The summed E-state index contributed by atoms with van der Waals surface area (Å²) in [5, 5.41) is 2.89. The first-order valence-electron chi connectivity index (χ1n) is 12.0. The van der Waals surface area contributed by atoms with Gasteiger partial charge in [0.1, 0.15) is 0 Å². The highest BCUT2D eigenvalue weighted by atomic mass is 16.7. The van der Waals surface area contributed by atoms with Crippen LogP contribution in [0.2, 0.25) is 0 Å². The van der Waals surface area contributed by atoms with Gasteiger partial charge in [0.25, 0.3) is 5.91 Å². The van der Waals surface area contributed by atoms with Gasteiger partial charge in [0.2, 0.25) is 18.6 Å². The molecule has 1 atom stereocenters. The number of nitrogens with one attached hydrogen (secondary N) is 1. The van der Waals surface area contributed by atoms with Crippen LogP contribution in [0.5, 0.6) is 23.0 Å². The molecule has 10 heteroatoms. The summed E-state index contributed by atoms with van der Waals surface area (Å²) in [5.41, 5.74) is 1.31. The number of piperidine rings is 1. The number of benzene rings is 2. The van der Waals surface area contributed by atoms with Crippen molar-refractivity contribution in [3.63, 3.8) is 0 Å². The molecule has 1 N–H and O–H groups in total. The highest BCUT2D eigenvalue weighted by Crippen LogP contribution is 2.38. The molecule has 1 unspecified atom stereocenters. The van der Waals surface area contributed by atoms with Gasteiger partial charge in [-0.15, -0.1) is 0 Å². The number of anilines is 2. The van der Waals surface area contributed by atoms with Crippen molar-refractivity contribution >= 4 is 29.1 Å². The molecule has 3 aliphatic rings. The van der Waals surface area contributed by atoms with Gasteiger partial charge in [-0.05, 0) is 37.5 Å². The Kier molecular flexibility index (Phi) is 6.58. The van der Waals surface area contributed by atoms with Gasteiger partial charge in [0.05, 0.1) is 31.4 Å². The van der Waals surface area contributed by atoms with E-state index in [0.717, 1.165) is 19.3 Å². The molecule has 0 radical (unpaired) electrons. The average molecular weight is 496 g/mol. The smallest absolute Gasteiger partial charge is 0.256 e. The minimum atomic E-state index is -0.589. The number of amides is 3. The number of likely N-dealkylation sites (tertiary alicyclic amines) is 1. The Hall–Kier alpha value is -3.95. The summed E-state index contributed by atoms with van der Waals surface area (Å²) in [5.74, 6) is 0.730. The SMILES string of the molecule is COc1cc(NC(=O)C2CC(=O)N(c3ccc4c(c3)OCO4)C2)c(C(=O)N2CCCCC2)cc1OC. The van der Waals surface area contributed by atoms with Gasteiger partial charge >= 0.3 is 0 Å². The number of nitrogens with zero attached hydrogens (tertiary/aromatic N) is 2. The van der Waals surface area contributed by atoms with E-state index in [1.165, 1.54) is 14.2 Å². The molecule has 3 amide bonds. The second kappa shape index (κ2) is 9.96. The van der Waals surface area contributed by atoms with Gasteiger partial charge in [0.15, 0.2) is 23.0 Å². The number of fused-ring (bicyclic) bond motifs is 1. The van der Waals surface area contributed by atoms with Crippen molar-refractivity contribution in [3.05, 3.63) is 35.9 Å². The molecule has 0 aromatic heterocycles. The van der Waals surface area contributed by atoms with E-state index in [1.807, 2.05) is 0 Å². The minimum Gasteiger partial charge on any atom is -0.493 e. The fourth-order valence-corrected chi connectivity index (χ4v) is 4.85. The van der Waals surface area contributed by atoms with Crippen LogP contribution in [0.1, 0.15) is 36.0 Å². The maximum Gasteiger partial charge on any atom is 0.256 e. The van der Waals surface area contributed by atoms with E-state index in [9.17, 15) is 14.4 Å². The normalized spacial score (nSPS) is 18.8. The number of hydrogen-bond acceptors (Lipinski definition) is 7. The van der Waals surface area contributed by atoms with Gasteiger partial charge in [-0.3, -0.25) is 14.4 Å². The number of methoxy groups -OCH3 is 2. The van der Waals surface area contributed by atoms with E-state index < -0.39 is 5.92 Å². The van der Waals surface area contributed by atoms with Crippen molar-refractivity contribution in [1.29, 1.82) is 0 Å². The Morgan fingerprint density at radius 2 is 1.69 bits per heavy atom. The van der Waals surface area contributed by atoms with Crippen LogP contribution in [0.15, 0.2) is 30.3 Å². The largest absolute Gasteiger partial charge is 0.493 e. The van der Waals surface area contributed by atoms with Gasteiger partial charge in [-0.1, -0.05) is 0 Å². The molecule has 0 bridgehead atoms. The van der Waals surface area contributed by atoms with E-state index in [2.05, 4.69) is 5.32 Å². The third kappa shape index (κ3) is 4.50. The first-order chi connectivity index (χ1) is 17.5. The molecule has 36 heavy (non-hydrogen) atoms. The monoisotopic (exact) mass is 495 g/mol. The molecule has 2 fully saturated rings. The summed E-state index contributed by atoms with van der Waals surface area (Å²) in [6.07, 6.45) is 3.04. The molecule has 0 saturated carbocycles. The molecule has 3 heterocycles. The van der Waals surface area contributed by atoms with Gasteiger partial charge < -0.3 is 34.1 Å². The maximum atomic E-state index is 13.4. The molecule has 2 aromatic rings. The Labute approximate surface area is 209 Å². The van der Waals surface area contributed by atoms with Crippen molar-refractivity contribution in [2.45, 2.75) is 25.7 Å². The number of carbonyl (C=O) groups excluding carboxylic acids is 3. The van der Waals surface area contributed by atoms with Gasteiger partial charge in [0, 0.05) is 43.9 Å². The molecular weight excluding hydrogens is 466 g/mol. The number of ether oxygens (including phenoxy) is 4. The van der Waals surface area contributed by atoms with E-state index in [4.69, 9.17) is 18.9 Å². The molecule has 10 nitrogen and oxygen atoms in total. The quantitative estimate of drug-likeness (QED) is 0.657. The minimum absolute atomic E-state index is 0.0585. The third-order valence-electron chi connectivity index (χ3n) is 6.82. The molecule has 0 spiro atoms. The van der Waals surface area contributed by atoms with Crippen LogP contribution in [-0.4, -0.2) is 63.3 Å². The number of carbonyl (C=O) groups is 3. The third-order valence-corrected chi connectivity index (χ3v) is 6.82. The zero-order valence-electron chi connectivity index (χ0n) is 20.4. The second-order valence-corrected chi connectivity index (χ2v) is 9.04. The van der Waals surface area contributed by atoms with E-state index >= 15 is 0 Å². The van der Waals surface area contributed by atoms with Crippen LogP contribution < -0.4 is 29.2 Å². The Morgan fingerprint density at radius 1 is 0.972 bits per heavy atom. The standard InChI is InChI=1S/C26H29N3O7/c1-33-21-12-18(26(32)28-8-4-3-5-9-28)19(13-22(21)34-2)27-25(31)16-10-24(30)29(14-16)17-6-7-20-23(11-17)36-15-35-20/h6-7,11-13,16H,3-5,8-10,14-15H2,1-2H3,(H,27,31). The zero-order valence-corrected chi connectivity index (χ0v) is 20.4. The van der Waals surface area contributed by atoms with Crippen LogP contribution in [0.3, 0.4) is 0 Å². The fourth-order valence-electron chi connectivity index (χ4n) is 4.85. The van der Waals surface area contributed by atoms with Gasteiger partial charge in [-0.2, -0.15) is 0 Å². The van der Waals surface area contributed by atoms with Crippen molar-refractivity contribution in [2.24, 2.45) is 5.92 Å². The molecule has 3 aliphatic heterocycles. The van der Waals surface area contributed by atoms with Crippen LogP contribution in [0, 0.1) is 5.92 Å². The highest BCUT2D eigenvalue weighted by Gasteiger charge is 2.36. The highest BCUT2D eigenvalue weighted by molar-refractivity contribution is 6.07. The fraction of sp³-hybridized carbons (Fsp3) is 0.423. The van der Waals surface area contributed by atoms with Crippen LogP contribution in [-0.2, 0) is 9.59 Å². The Balaban J connectivity index is 1.37. The lowest BCUT2D eigenvalue weighted by Crippen LogP contribution is -2.36. The maximum absolute atomic E-state index is 13.4. The molecule has 2 aromatic carbocycles. The summed E-state index contributed by atoms with van der Waals surface area (Å²) < 4.78 is 21.6. The molecule has 2 saturated heterocycles. The van der Waals surface area contributed by atoms with E-state index in [1.54, 1.807) is 40.1 Å². The first kappa shape index (κ1) is 23.8. The van der Waals surface area contributed by atoms with Crippen molar-refractivity contribution in [2.75, 3.05) is 50.9 Å². The van der Waals surface area contributed by atoms with Crippen molar-refractivity contribution < 1.29 is 33.3 Å². The molecular formula is C26H29N3O7. The average Bonchev–Trinajstić information content (AvgIpc) is 3.54. The number of rotatable bonds is 6. The van der Waals surface area contributed by atoms with E-state index in [-0.39, 0.29) is 37.5 Å². The summed E-state index contributed by atoms with van der Waals surface area (Å²) in [7, 11) is 2.99. The van der Waals surface area contributed by atoms with Crippen molar-refractivity contribution in [1.82, 2.24) is 4.90 Å². The van der Waals surface area contributed by atoms with Crippen LogP contribution in [0.25, 0.3) is 0 Å². The predicted molar refractivity (Wildman–Crippen MR) is 131 cm³/mol. The lowest BCUT2D eigenvalue weighted by atomic mass is 10.0. The van der Waals surface area contributed by atoms with Crippen molar-refractivity contribution in [3.8, 4) is 23.0 Å². The molecule has 5 rings (SSSR count). The molecule has 0 aliphatic carbocycles. The predicted octanol–water partition coefficient (Wildman–Crippen LogP) is 3.05. The van der Waals surface area contributed by atoms with E-state index in [0.29, 0.717) is 53.0 Å². The second-order valence-electron chi connectivity index (χ2n) is 9.04. The van der Waals surface area contributed by atoms with Crippen LogP contribution >= 0.6 is 0 Å². The topological polar surface area (TPSA) is 107 Å². The summed E-state index contributed by atoms with van der Waals surface area (Å²) in [4.78, 5) is 42.8. The number of hydrogen-bond donors (Lipinski definition) is 1. The molecule has 190 valence electrons. The summed E-state index contributed by atoms with van der Waals surface area (Å²) >= 11 is 0. The first-order valence-corrected chi connectivity index (χ1v) is 12.0. The van der Waals surface area contributed by atoms with Gasteiger partial charge in [-0.25, -0.2) is 0 Å². The summed E-state index contributed by atoms with van der Waals surface area (Å²) in [6.45, 7) is 1.69. The Morgan fingerprint density at radius 3 is 2.44 bits per heavy atom. The lowest BCUT2D eigenvalue weighted by Gasteiger charge is -2.28. The lowest BCUT2D eigenvalue weighted by molar-refractivity contribution is -0.122.